The molecule has 0 bridgehead atoms. The summed E-state index contributed by atoms with van der Waals surface area (Å²) in [6.07, 6.45) is 2.11. The largest absolute Gasteiger partial charge is 0.496 e. The Morgan fingerprint density at radius 1 is 1.04 bits per heavy atom. The van der Waals surface area contributed by atoms with E-state index < -0.39 is 0 Å². The van der Waals surface area contributed by atoms with Crippen LogP contribution in [0.25, 0.3) is 11.6 Å². The Morgan fingerprint density at radius 3 is 2.19 bits per heavy atom. The lowest BCUT2D eigenvalue weighted by atomic mass is 9.84. The molecule has 26 heavy (non-hydrogen) atoms. The van der Waals surface area contributed by atoms with Gasteiger partial charge in [0.15, 0.2) is 0 Å². The van der Waals surface area contributed by atoms with E-state index >= 15 is 0 Å². The van der Waals surface area contributed by atoms with Gasteiger partial charge in [0.05, 0.1) is 19.3 Å². The van der Waals surface area contributed by atoms with E-state index in [-0.39, 0.29) is 11.4 Å². The molecule has 2 rings (SSSR count). The molecule has 0 unspecified atom stereocenters. The van der Waals surface area contributed by atoms with Crippen LogP contribution >= 0.6 is 0 Å². The maximum absolute atomic E-state index is 11.7. The van der Waals surface area contributed by atoms with Crippen LogP contribution in [0, 0.1) is 0 Å². The number of methoxy groups -OCH3 is 1. The molecule has 0 aromatic heterocycles. The van der Waals surface area contributed by atoms with Crippen molar-refractivity contribution in [1.82, 2.24) is 0 Å². The zero-order valence-electron chi connectivity index (χ0n) is 16.6. The number of hydrogen-bond donors (Lipinski definition) is 0. The molecule has 0 fully saturated rings. The fourth-order valence-electron chi connectivity index (χ4n) is 2.80. The van der Waals surface area contributed by atoms with E-state index in [2.05, 4.69) is 45.9 Å². The minimum absolute atomic E-state index is 0.00290. The summed E-state index contributed by atoms with van der Waals surface area (Å²) in [5, 5.41) is 0. The summed E-state index contributed by atoms with van der Waals surface area (Å²) in [6, 6.07) is 13.8. The van der Waals surface area contributed by atoms with Crippen LogP contribution in [0.5, 0.6) is 5.75 Å². The van der Waals surface area contributed by atoms with Crippen LogP contribution in [0.1, 0.15) is 61.7 Å². The molecule has 138 valence electrons. The third kappa shape index (κ3) is 4.75. The lowest BCUT2D eigenvalue weighted by Crippen LogP contribution is -2.13. The topological polar surface area (TPSA) is 35.5 Å². The first-order valence-electron chi connectivity index (χ1n) is 8.90. The lowest BCUT2D eigenvalue weighted by Gasteiger charge is -2.23. The maximum Gasteiger partial charge on any atom is 0.338 e. The van der Waals surface area contributed by atoms with E-state index in [1.165, 1.54) is 5.56 Å². The number of hydrogen-bond acceptors (Lipinski definition) is 3. The number of carbonyl (C=O) groups excluding carboxylic acids is 1. The molecule has 0 aliphatic rings. The summed E-state index contributed by atoms with van der Waals surface area (Å²) in [7, 11) is 1.71. The van der Waals surface area contributed by atoms with Crippen LogP contribution < -0.4 is 4.74 Å². The molecule has 0 saturated carbocycles. The van der Waals surface area contributed by atoms with Crippen molar-refractivity contribution in [3.8, 4) is 5.75 Å². The van der Waals surface area contributed by atoms with Gasteiger partial charge in [0, 0.05) is 5.56 Å². The van der Waals surface area contributed by atoms with E-state index in [0.717, 1.165) is 22.4 Å². The molecule has 3 heteroatoms. The first-order valence-corrected chi connectivity index (χ1v) is 8.90. The molecule has 0 N–H and O–H groups in total. The van der Waals surface area contributed by atoms with E-state index in [9.17, 15) is 4.79 Å². The van der Waals surface area contributed by atoms with Crippen LogP contribution in [0.15, 0.2) is 42.5 Å². The Morgan fingerprint density at radius 2 is 1.65 bits per heavy atom. The molecule has 0 amide bonds. The first kappa shape index (κ1) is 19.8. The van der Waals surface area contributed by atoms with E-state index in [0.29, 0.717) is 12.2 Å². The van der Waals surface area contributed by atoms with Crippen molar-refractivity contribution in [2.75, 3.05) is 13.7 Å². The average molecular weight is 352 g/mol. The summed E-state index contributed by atoms with van der Waals surface area (Å²) < 4.78 is 10.5. The van der Waals surface area contributed by atoms with Crippen LogP contribution in [-0.4, -0.2) is 19.7 Å². The predicted molar refractivity (Wildman–Crippen MR) is 108 cm³/mol. The molecule has 2 aromatic carbocycles. The third-order valence-corrected chi connectivity index (χ3v) is 4.27. The Labute approximate surface area is 156 Å². The highest BCUT2D eigenvalue weighted by atomic mass is 16.5. The predicted octanol–water partition coefficient (Wildman–Crippen LogP) is 5.73. The molecule has 0 saturated heterocycles. The minimum atomic E-state index is -0.287. The van der Waals surface area contributed by atoms with Crippen molar-refractivity contribution in [3.05, 3.63) is 64.7 Å². The van der Waals surface area contributed by atoms with Crippen molar-refractivity contribution < 1.29 is 14.3 Å². The SMILES string of the molecule is CCOC(=O)c1ccc(/C=C(\C)c2ccc(OC)c(C(C)(C)C)c2)cc1. The van der Waals surface area contributed by atoms with E-state index in [1.807, 2.05) is 18.2 Å². The van der Waals surface area contributed by atoms with Gasteiger partial charge in [-0.2, -0.15) is 0 Å². The molecule has 0 heterocycles. The zero-order valence-corrected chi connectivity index (χ0v) is 16.6. The van der Waals surface area contributed by atoms with Gasteiger partial charge in [-0.3, -0.25) is 0 Å². The fourth-order valence-corrected chi connectivity index (χ4v) is 2.80. The Hall–Kier alpha value is -2.55. The van der Waals surface area contributed by atoms with Crippen molar-refractivity contribution in [2.24, 2.45) is 0 Å². The highest BCUT2D eigenvalue weighted by molar-refractivity contribution is 5.90. The molecular weight excluding hydrogens is 324 g/mol. The second-order valence-electron chi connectivity index (χ2n) is 7.33. The van der Waals surface area contributed by atoms with E-state index in [4.69, 9.17) is 9.47 Å². The van der Waals surface area contributed by atoms with Crippen LogP contribution in [0.3, 0.4) is 0 Å². The van der Waals surface area contributed by atoms with E-state index in [1.54, 1.807) is 26.2 Å². The summed E-state index contributed by atoms with van der Waals surface area (Å²) in [5.74, 6) is 0.623. The number of carbonyl (C=O) groups is 1. The second-order valence-corrected chi connectivity index (χ2v) is 7.33. The minimum Gasteiger partial charge on any atom is -0.496 e. The Bertz CT molecular complexity index is 793. The number of ether oxygens (including phenoxy) is 2. The van der Waals surface area contributed by atoms with Gasteiger partial charge in [0.25, 0.3) is 0 Å². The lowest BCUT2D eigenvalue weighted by molar-refractivity contribution is 0.0526. The number of rotatable bonds is 5. The molecule has 2 aromatic rings. The molecule has 0 radical (unpaired) electrons. The fraction of sp³-hybridized carbons (Fsp3) is 0.348. The quantitative estimate of drug-likeness (QED) is 0.509. The van der Waals surface area contributed by atoms with Gasteiger partial charge in [0.2, 0.25) is 0 Å². The van der Waals surface area contributed by atoms with Gasteiger partial charge >= 0.3 is 5.97 Å². The monoisotopic (exact) mass is 352 g/mol. The highest BCUT2D eigenvalue weighted by Crippen LogP contribution is 2.34. The normalized spacial score (nSPS) is 12.0. The van der Waals surface area contributed by atoms with Gasteiger partial charge in [-0.1, -0.05) is 45.0 Å². The van der Waals surface area contributed by atoms with Crippen molar-refractivity contribution in [3.63, 3.8) is 0 Å². The molecule has 0 atom stereocenters. The van der Waals surface area contributed by atoms with Crippen LogP contribution in [0.2, 0.25) is 0 Å². The Balaban J connectivity index is 2.31. The summed E-state index contributed by atoms with van der Waals surface area (Å²) in [5.41, 5.74) is 5.11. The average Bonchev–Trinajstić information content (AvgIpc) is 2.61. The van der Waals surface area contributed by atoms with Gasteiger partial charge in [-0.25, -0.2) is 4.79 Å². The van der Waals surface area contributed by atoms with Crippen molar-refractivity contribution in [1.29, 1.82) is 0 Å². The van der Waals surface area contributed by atoms with Gasteiger partial charge in [-0.05, 0) is 60.2 Å². The van der Waals surface area contributed by atoms with Gasteiger partial charge in [0.1, 0.15) is 5.75 Å². The smallest absolute Gasteiger partial charge is 0.338 e. The highest BCUT2D eigenvalue weighted by Gasteiger charge is 2.19. The molecule has 0 spiro atoms. The first-order chi connectivity index (χ1) is 12.3. The summed E-state index contributed by atoms with van der Waals surface area (Å²) in [4.78, 5) is 11.7. The molecule has 0 aliphatic carbocycles. The molecular formula is C23H28O3. The second kappa shape index (κ2) is 8.22. The molecule has 0 aliphatic heterocycles. The summed E-state index contributed by atoms with van der Waals surface area (Å²) in [6.45, 7) is 10.8. The number of esters is 1. The van der Waals surface area contributed by atoms with Gasteiger partial charge in [-0.15, -0.1) is 0 Å². The number of benzene rings is 2. The van der Waals surface area contributed by atoms with Crippen LogP contribution in [0.4, 0.5) is 0 Å². The van der Waals surface area contributed by atoms with Gasteiger partial charge < -0.3 is 9.47 Å². The van der Waals surface area contributed by atoms with Crippen molar-refractivity contribution >= 4 is 17.6 Å². The number of allylic oxidation sites excluding steroid dienone is 1. The Kier molecular flexibility index (Phi) is 6.25. The molecule has 3 nitrogen and oxygen atoms in total. The third-order valence-electron chi connectivity index (χ3n) is 4.27. The standard InChI is InChI=1S/C23H28O3/c1-7-26-22(24)18-10-8-17(9-11-18)14-16(2)19-12-13-21(25-6)20(15-19)23(3,4)5/h8-15H,7H2,1-6H3/b16-14+. The van der Waals surface area contributed by atoms with Crippen molar-refractivity contribution in [2.45, 2.75) is 40.0 Å². The zero-order chi connectivity index (χ0) is 19.3. The summed E-state index contributed by atoms with van der Waals surface area (Å²) >= 11 is 0. The maximum atomic E-state index is 11.7. The van der Waals surface area contributed by atoms with Crippen LogP contribution in [-0.2, 0) is 10.2 Å².